The van der Waals surface area contributed by atoms with E-state index in [1.54, 1.807) is 0 Å². The molecule has 0 radical (unpaired) electrons. The van der Waals surface area contributed by atoms with Crippen LogP contribution in [-0.2, 0) is 4.79 Å². The molecule has 1 saturated carbocycles. The number of pyridine rings is 1. The van der Waals surface area contributed by atoms with Crippen molar-refractivity contribution in [2.45, 2.75) is 57.2 Å². The second-order valence-electron chi connectivity index (χ2n) is 9.31. The Balaban J connectivity index is 1.35. The molecule has 2 unspecified atom stereocenters. The smallest absolute Gasteiger partial charge is 0.226 e. The van der Waals surface area contributed by atoms with Gasteiger partial charge < -0.3 is 20.1 Å². The molecular formula is C27H31N5OS. The Kier molecular flexibility index (Phi) is 6.63. The van der Waals surface area contributed by atoms with Crippen LogP contribution >= 0.6 is 12.2 Å². The highest BCUT2D eigenvalue weighted by Crippen LogP contribution is 2.40. The number of amides is 1. The van der Waals surface area contributed by atoms with Crippen LogP contribution in [0.3, 0.4) is 0 Å². The van der Waals surface area contributed by atoms with Crippen molar-refractivity contribution < 1.29 is 4.79 Å². The molecular weight excluding hydrogens is 442 g/mol. The summed E-state index contributed by atoms with van der Waals surface area (Å²) in [6.07, 6.45) is 11.7. The number of benzene rings is 1. The van der Waals surface area contributed by atoms with E-state index < -0.39 is 0 Å². The van der Waals surface area contributed by atoms with E-state index in [0.29, 0.717) is 24.1 Å². The van der Waals surface area contributed by atoms with Crippen LogP contribution in [0.25, 0.3) is 0 Å². The van der Waals surface area contributed by atoms with Crippen LogP contribution in [0.1, 0.15) is 67.1 Å². The number of rotatable bonds is 7. The monoisotopic (exact) mass is 473 g/mol. The number of nitrogens with one attached hydrogen (secondary N) is 2. The number of carbonyl (C=O) groups is 1. The highest BCUT2D eigenvalue weighted by Gasteiger charge is 2.40. The van der Waals surface area contributed by atoms with Gasteiger partial charge in [0.1, 0.15) is 0 Å². The maximum Gasteiger partial charge on any atom is 0.226 e. The van der Waals surface area contributed by atoms with Crippen LogP contribution in [0, 0.1) is 6.92 Å². The van der Waals surface area contributed by atoms with Crippen LogP contribution < -0.4 is 10.6 Å². The van der Waals surface area contributed by atoms with E-state index in [1.165, 1.54) is 36.8 Å². The zero-order valence-corrected chi connectivity index (χ0v) is 20.3. The van der Waals surface area contributed by atoms with Gasteiger partial charge in [0, 0.05) is 43.3 Å². The van der Waals surface area contributed by atoms with Crippen LogP contribution in [0.2, 0.25) is 0 Å². The van der Waals surface area contributed by atoms with Crippen LogP contribution in [0.5, 0.6) is 0 Å². The van der Waals surface area contributed by atoms with Crippen LogP contribution in [0.15, 0.2) is 67.1 Å². The molecule has 6 nitrogen and oxygen atoms in total. The van der Waals surface area contributed by atoms with Crippen molar-refractivity contribution >= 4 is 28.9 Å². The average molecular weight is 474 g/mol. The lowest BCUT2D eigenvalue weighted by atomic mass is 9.99. The minimum Gasteiger partial charge on any atom is -0.352 e. The van der Waals surface area contributed by atoms with Crippen LogP contribution in [-0.4, -0.2) is 32.0 Å². The number of anilines is 1. The molecule has 3 aromatic rings. The van der Waals surface area contributed by atoms with E-state index in [1.807, 2.05) is 55.6 Å². The maximum atomic E-state index is 12.7. The van der Waals surface area contributed by atoms with E-state index in [4.69, 9.17) is 12.2 Å². The lowest BCUT2D eigenvalue weighted by Crippen LogP contribution is -2.32. The third-order valence-electron chi connectivity index (χ3n) is 6.94. The quantitative estimate of drug-likeness (QED) is 0.456. The van der Waals surface area contributed by atoms with Gasteiger partial charge in [-0.25, -0.2) is 0 Å². The van der Waals surface area contributed by atoms with E-state index >= 15 is 0 Å². The first-order chi connectivity index (χ1) is 16.6. The number of carbonyl (C=O) groups excluding carboxylic acids is 1. The first-order valence-electron chi connectivity index (χ1n) is 12.1. The van der Waals surface area contributed by atoms with Gasteiger partial charge in [0.15, 0.2) is 5.11 Å². The minimum atomic E-state index is -0.0618. The fraction of sp³-hybridized carbons (Fsp3) is 0.370. The Labute approximate surface area is 206 Å². The van der Waals surface area contributed by atoms with Crippen molar-refractivity contribution in [3.05, 3.63) is 83.9 Å². The van der Waals surface area contributed by atoms with Gasteiger partial charge in [-0.05, 0) is 67.9 Å². The van der Waals surface area contributed by atoms with Crippen molar-refractivity contribution in [1.29, 1.82) is 0 Å². The standard InChI is InChI=1S/C27H31N5OS/c1-19-9-11-21(12-10-19)29-24(33)14-17-32-26(20-13-16-31(18-20)22-6-2-3-7-22)25(30-27(32)34)23-8-4-5-15-28-23/h4-5,8-13,15-16,18,22,25-26H,2-3,6-7,14,17H2,1H3,(H,29,33)(H,30,34). The van der Waals surface area contributed by atoms with Gasteiger partial charge in [0.2, 0.25) is 5.91 Å². The number of nitrogens with zero attached hydrogens (tertiary/aromatic N) is 3. The fourth-order valence-electron chi connectivity index (χ4n) is 5.13. The first kappa shape index (κ1) is 22.6. The second-order valence-corrected chi connectivity index (χ2v) is 9.70. The average Bonchev–Trinajstić information content (AvgIpc) is 3.60. The van der Waals surface area contributed by atoms with Crippen molar-refractivity contribution in [1.82, 2.24) is 19.8 Å². The zero-order chi connectivity index (χ0) is 23.5. The van der Waals surface area contributed by atoms with Gasteiger partial charge in [0.25, 0.3) is 0 Å². The molecule has 1 aliphatic carbocycles. The summed E-state index contributed by atoms with van der Waals surface area (Å²) in [6.45, 7) is 2.57. The molecule has 176 valence electrons. The van der Waals surface area contributed by atoms with Gasteiger partial charge in [0.05, 0.1) is 17.8 Å². The number of thiocarbonyl (C=S) groups is 1. The second kappa shape index (κ2) is 9.97. The van der Waals surface area contributed by atoms with Gasteiger partial charge in [-0.3, -0.25) is 9.78 Å². The van der Waals surface area contributed by atoms with Gasteiger partial charge in [-0.15, -0.1) is 0 Å². The Morgan fingerprint density at radius 3 is 2.68 bits per heavy atom. The molecule has 1 aromatic carbocycles. The minimum absolute atomic E-state index is 0.0165. The normalized spacial score (nSPS) is 20.5. The summed E-state index contributed by atoms with van der Waals surface area (Å²) in [5.41, 5.74) is 4.14. The maximum absolute atomic E-state index is 12.7. The SMILES string of the molecule is Cc1ccc(NC(=O)CCN2C(=S)NC(c3ccccn3)C2c2ccn(C3CCCC3)c2)cc1. The van der Waals surface area contributed by atoms with E-state index in [2.05, 4.69) is 43.5 Å². The molecule has 2 aromatic heterocycles. The topological polar surface area (TPSA) is 62.2 Å². The zero-order valence-electron chi connectivity index (χ0n) is 19.5. The molecule has 1 aliphatic heterocycles. The molecule has 7 heteroatoms. The largest absolute Gasteiger partial charge is 0.352 e. The number of hydrogen-bond acceptors (Lipinski definition) is 3. The van der Waals surface area contributed by atoms with Gasteiger partial charge in [-0.1, -0.05) is 36.6 Å². The Morgan fingerprint density at radius 1 is 1.15 bits per heavy atom. The van der Waals surface area contributed by atoms with E-state index in [-0.39, 0.29) is 18.0 Å². The van der Waals surface area contributed by atoms with Gasteiger partial charge >= 0.3 is 0 Å². The summed E-state index contributed by atoms with van der Waals surface area (Å²) in [6, 6.07) is 16.5. The predicted molar refractivity (Wildman–Crippen MR) is 139 cm³/mol. The highest BCUT2D eigenvalue weighted by molar-refractivity contribution is 7.80. The van der Waals surface area contributed by atoms with Crippen molar-refractivity contribution in [3.8, 4) is 0 Å². The Bertz CT molecular complexity index is 1140. The molecule has 0 bridgehead atoms. The lowest BCUT2D eigenvalue weighted by Gasteiger charge is -2.27. The molecule has 2 aliphatic rings. The fourth-order valence-corrected chi connectivity index (χ4v) is 5.46. The van der Waals surface area contributed by atoms with Crippen molar-refractivity contribution in [2.24, 2.45) is 0 Å². The Hall–Kier alpha value is -3.19. The van der Waals surface area contributed by atoms with E-state index in [0.717, 1.165) is 11.4 Å². The summed E-state index contributed by atoms with van der Waals surface area (Å²) < 4.78 is 2.36. The number of hydrogen-bond donors (Lipinski definition) is 2. The molecule has 5 rings (SSSR count). The third kappa shape index (κ3) is 4.85. The molecule has 2 atom stereocenters. The number of aromatic nitrogens is 2. The molecule has 0 spiro atoms. The predicted octanol–water partition coefficient (Wildman–Crippen LogP) is 5.31. The molecule has 34 heavy (non-hydrogen) atoms. The van der Waals surface area contributed by atoms with E-state index in [9.17, 15) is 4.79 Å². The summed E-state index contributed by atoms with van der Waals surface area (Å²) in [5.74, 6) is -0.0183. The Morgan fingerprint density at radius 2 is 1.94 bits per heavy atom. The molecule has 1 amide bonds. The summed E-state index contributed by atoms with van der Waals surface area (Å²) >= 11 is 5.75. The lowest BCUT2D eigenvalue weighted by molar-refractivity contribution is -0.116. The first-order valence-corrected chi connectivity index (χ1v) is 12.5. The molecule has 1 saturated heterocycles. The third-order valence-corrected chi connectivity index (χ3v) is 7.29. The van der Waals surface area contributed by atoms with Gasteiger partial charge in [-0.2, -0.15) is 0 Å². The van der Waals surface area contributed by atoms with Crippen molar-refractivity contribution in [3.63, 3.8) is 0 Å². The number of aryl methyl sites for hydroxylation is 1. The highest BCUT2D eigenvalue weighted by atomic mass is 32.1. The molecule has 2 N–H and O–H groups in total. The van der Waals surface area contributed by atoms with Crippen molar-refractivity contribution in [2.75, 3.05) is 11.9 Å². The summed E-state index contributed by atoms with van der Waals surface area (Å²) in [7, 11) is 0. The van der Waals surface area contributed by atoms with Crippen LogP contribution in [0.4, 0.5) is 5.69 Å². The molecule has 2 fully saturated rings. The molecule has 3 heterocycles. The summed E-state index contributed by atoms with van der Waals surface area (Å²) in [4.78, 5) is 19.5. The summed E-state index contributed by atoms with van der Waals surface area (Å²) in [5, 5.41) is 7.15.